The van der Waals surface area contributed by atoms with Crippen molar-refractivity contribution in [3.63, 3.8) is 0 Å². The van der Waals surface area contributed by atoms with Gasteiger partial charge in [0.05, 0.1) is 5.60 Å². The lowest BCUT2D eigenvalue weighted by atomic mass is 9.85. The lowest BCUT2D eigenvalue weighted by Gasteiger charge is -2.33. The molecule has 1 saturated heterocycles. The third kappa shape index (κ3) is 3.68. The van der Waals surface area contributed by atoms with Gasteiger partial charge in [-0.1, -0.05) is 19.3 Å². The minimum absolute atomic E-state index is 0.0521. The number of carbonyl (C=O) groups excluding carboxylic acids is 1. The number of carbonyl (C=O) groups is 1. The lowest BCUT2D eigenvalue weighted by molar-refractivity contribution is -0.137. The highest BCUT2D eigenvalue weighted by Crippen LogP contribution is 2.27. The van der Waals surface area contributed by atoms with Gasteiger partial charge >= 0.3 is 0 Å². The monoisotopic (exact) mass is 241 g/mol. The van der Waals surface area contributed by atoms with E-state index in [4.69, 9.17) is 4.74 Å². The molecule has 1 aliphatic carbocycles. The Labute approximate surface area is 103 Å². The fourth-order valence-corrected chi connectivity index (χ4v) is 2.70. The summed E-state index contributed by atoms with van der Waals surface area (Å²) in [5, 5.41) is 13.1. The van der Waals surface area contributed by atoms with Gasteiger partial charge in [0.1, 0.15) is 6.10 Å². The summed E-state index contributed by atoms with van der Waals surface area (Å²) in [6.07, 6.45) is 7.55. The molecule has 0 aromatic heterocycles. The number of ether oxygens (including phenoxy) is 1. The second-order valence-corrected chi connectivity index (χ2v) is 5.36. The fraction of sp³-hybridized carbons (Fsp3) is 0.923. The van der Waals surface area contributed by atoms with E-state index in [1.54, 1.807) is 0 Å². The number of nitrogens with one attached hydrogen (secondary N) is 1. The summed E-state index contributed by atoms with van der Waals surface area (Å²) < 4.78 is 5.42. The van der Waals surface area contributed by atoms with Crippen molar-refractivity contribution in [2.75, 3.05) is 13.2 Å². The summed E-state index contributed by atoms with van der Waals surface area (Å²) in [5.41, 5.74) is -0.678. The Bertz CT molecular complexity index is 255. The molecule has 2 aliphatic rings. The standard InChI is InChI=1S/C13H23NO3/c15-12(11-6-2-5-9-17-11)14-10-13(16)7-3-1-4-8-13/h11,16H,1-10H2,(H,14,15). The van der Waals surface area contributed by atoms with E-state index in [1.165, 1.54) is 6.42 Å². The van der Waals surface area contributed by atoms with Crippen molar-refractivity contribution in [2.45, 2.75) is 63.1 Å². The van der Waals surface area contributed by atoms with Crippen LogP contribution in [-0.4, -0.2) is 35.9 Å². The molecule has 98 valence electrons. The molecule has 2 fully saturated rings. The molecule has 1 heterocycles. The van der Waals surface area contributed by atoms with Crippen LogP contribution in [0.3, 0.4) is 0 Å². The summed E-state index contributed by atoms with van der Waals surface area (Å²) in [6, 6.07) is 0. The van der Waals surface area contributed by atoms with Crippen molar-refractivity contribution in [3.8, 4) is 0 Å². The third-order valence-corrected chi connectivity index (χ3v) is 3.85. The molecule has 17 heavy (non-hydrogen) atoms. The quantitative estimate of drug-likeness (QED) is 0.784. The second-order valence-electron chi connectivity index (χ2n) is 5.36. The van der Waals surface area contributed by atoms with Crippen LogP contribution in [0, 0.1) is 0 Å². The van der Waals surface area contributed by atoms with E-state index in [1.807, 2.05) is 0 Å². The zero-order valence-corrected chi connectivity index (χ0v) is 10.4. The van der Waals surface area contributed by atoms with Gasteiger partial charge < -0.3 is 15.2 Å². The minimum Gasteiger partial charge on any atom is -0.388 e. The predicted octanol–water partition coefficient (Wildman–Crippen LogP) is 1.37. The van der Waals surface area contributed by atoms with E-state index < -0.39 is 5.60 Å². The number of aliphatic hydroxyl groups is 1. The number of hydrogen-bond donors (Lipinski definition) is 2. The molecule has 0 aromatic carbocycles. The fourth-order valence-electron chi connectivity index (χ4n) is 2.70. The highest BCUT2D eigenvalue weighted by atomic mass is 16.5. The number of hydrogen-bond acceptors (Lipinski definition) is 3. The molecule has 0 bridgehead atoms. The highest BCUT2D eigenvalue weighted by Gasteiger charge is 2.31. The normalized spacial score (nSPS) is 28.6. The largest absolute Gasteiger partial charge is 0.388 e. The number of rotatable bonds is 3. The van der Waals surface area contributed by atoms with Crippen LogP contribution in [0.5, 0.6) is 0 Å². The predicted molar refractivity (Wildman–Crippen MR) is 64.6 cm³/mol. The molecule has 0 spiro atoms. The summed E-state index contributed by atoms with van der Waals surface area (Å²) in [7, 11) is 0. The average molecular weight is 241 g/mol. The van der Waals surface area contributed by atoms with Crippen LogP contribution >= 0.6 is 0 Å². The maximum Gasteiger partial charge on any atom is 0.249 e. The Balaban J connectivity index is 1.74. The van der Waals surface area contributed by atoms with Gasteiger partial charge in [0.15, 0.2) is 0 Å². The van der Waals surface area contributed by atoms with Crippen LogP contribution in [-0.2, 0) is 9.53 Å². The van der Waals surface area contributed by atoms with Gasteiger partial charge in [0.25, 0.3) is 0 Å². The van der Waals surface area contributed by atoms with Crippen molar-refractivity contribution < 1.29 is 14.6 Å². The summed E-state index contributed by atoms with van der Waals surface area (Å²) in [6.45, 7) is 1.06. The number of amides is 1. The zero-order valence-electron chi connectivity index (χ0n) is 10.4. The van der Waals surface area contributed by atoms with Gasteiger partial charge in [0, 0.05) is 13.2 Å². The Morgan fingerprint density at radius 2 is 2.00 bits per heavy atom. The molecule has 4 nitrogen and oxygen atoms in total. The minimum atomic E-state index is -0.678. The van der Waals surface area contributed by atoms with Crippen LogP contribution in [0.1, 0.15) is 51.4 Å². The van der Waals surface area contributed by atoms with Crippen molar-refractivity contribution in [1.82, 2.24) is 5.32 Å². The van der Waals surface area contributed by atoms with E-state index in [9.17, 15) is 9.90 Å². The average Bonchev–Trinajstić information content (AvgIpc) is 2.38. The summed E-state index contributed by atoms with van der Waals surface area (Å²) >= 11 is 0. The molecular weight excluding hydrogens is 218 g/mol. The first-order valence-corrected chi connectivity index (χ1v) is 6.81. The summed E-state index contributed by atoms with van der Waals surface area (Å²) in [5.74, 6) is -0.0521. The molecule has 1 saturated carbocycles. The van der Waals surface area contributed by atoms with Crippen molar-refractivity contribution in [1.29, 1.82) is 0 Å². The molecule has 2 rings (SSSR count). The van der Waals surface area contributed by atoms with E-state index in [2.05, 4.69) is 5.32 Å². The van der Waals surface area contributed by atoms with E-state index >= 15 is 0 Å². The van der Waals surface area contributed by atoms with Gasteiger partial charge in [-0.25, -0.2) is 0 Å². The molecule has 1 unspecified atom stereocenters. The van der Waals surface area contributed by atoms with Crippen molar-refractivity contribution >= 4 is 5.91 Å². The molecular formula is C13H23NO3. The smallest absolute Gasteiger partial charge is 0.249 e. The third-order valence-electron chi connectivity index (χ3n) is 3.85. The molecule has 4 heteroatoms. The van der Waals surface area contributed by atoms with Gasteiger partial charge in [-0.3, -0.25) is 4.79 Å². The second kappa shape index (κ2) is 5.83. The topological polar surface area (TPSA) is 58.6 Å². The Morgan fingerprint density at radius 1 is 1.24 bits per heavy atom. The SMILES string of the molecule is O=C(NCC1(O)CCCCC1)C1CCCCO1. The first-order chi connectivity index (χ1) is 8.20. The Hall–Kier alpha value is -0.610. The van der Waals surface area contributed by atoms with E-state index in [0.29, 0.717) is 13.2 Å². The van der Waals surface area contributed by atoms with Crippen LogP contribution in [0.25, 0.3) is 0 Å². The first-order valence-electron chi connectivity index (χ1n) is 6.81. The van der Waals surface area contributed by atoms with Crippen LogP contribution in [0.2, 0.25) is 0 Å². The van der Waals surface area contributed by atoms with Crippen molar-refractivity contribution in [2.24, 2.45) is 0 Å². The van der Waals surface area contributed by atoms with Crippen LogP contribution < -0.4 is 5.32 Å². The molecule has 1 aliphatic heterocycles. The van der Waals surface area contributed by atoms with E-state index in [0.717, 1.165) is 44.9 Å². The Kier molecular flexibility index (Phi) is 4.40. The van der Waals surface area contributed by atoms with Gasteiger partial charge in [-0.05, 0) is 32.1 Å². The molecule has 1 amide bonds. The van der Waals surface area contributed by atoms with E-state index in [-0.39, 0.29) is 12.0 Å². The van der Waals surface area contributed by atoms with Crippen molar-refractivity contribution in [3.05, 3.63) is 0 Å². The maximum absolute atomic E-state index is 11.8. The maximum atomic E-state index is 11.8. The lowest BCUT2D eigenvalue weighted by Crippen LogP contribution is -2.48. The van der Waals surface area contributed by atoms with Crippen LogP contribution in [0.4, 0.5) is 0 Å². The molecule has 1 atom stereocenters. The molecule has 2 N–H and O–H groups in total. The van der Waals surface area contributed by atoms with Gasteiger partial charge in [0.2, 0.25) is 5.91 Å². The highest BCUT2D eigenvalue weighted by molar-refractivity contribution is 5.80. The zero-order chi connectivity index (χ0) is 12.1. The van der Waals surface area contributed by atoms with Crippen LogP contribution in [0.15, 0.2) is 0 Å². The first kappa shape index (κ1) is 12.8. The molecule has 0 radical (unpaired) electrons. The summed E-state index contributed by atoms with van der Waals surface area (Å²) in [4.78, 5) is 11.8. The molecule has 0 aromatic rings. The Morgan fingerprint density at radius 3 is 2.65 bits per heavy atom. The van der Waals surface area contributed by atoms with Gasteiger partial charge in [-0.15, -0.1) is 0 Å². The van der Waals surface area contributed by atoms with Gasteiger partial charge in [-0.2, -0.15) is 0 Å².